The van der Waals surface area contributed by atoms with E-state index in [2.05, 4.69) is 50.1 Å². The maximum absolute atomic E-state index is 9.76. The number of anilines is 3. The summed E-state index contributed by atoms with van der Waals surface area (Å²) >= 11 is 2.21. The van der Waals surface area contributed by atoms with Gasteiger partial charge in [0.2, 0.25) is 5.95 Å². The summed E-state index contributed by atoms with van der Waals surface area (Å²) in [7, 11) is -0.851. The summed E-state index contributed by atoms with van der Waals surface area (Å²) in [4.78, 5) is 8.77. The Balaban J connectivity index is 1.80. The Morgan fingerprint density at radius 1 is 1.45 bits per heavy atom. The summed E-state index contributed by atoms with van der Waals surface area (Å²) in [6, 6.07) is 5.74. The van der Waals surface area contributed by atoms with Gasteiger partial charge in [-0.05, 0) is 52.2 Å². The molecule has 3 rings (SSSR count). The number of hydrogen-bond acceptors (Lipinski definition) is 6. The number of fused-ring (bicyclic) bond motifs is 1. The lowest BCUT2D eigenvalue weighted by atomic mass is 9.79. The molecule has 0 bridgehead atoms. The van der Waals surface area contributed by atoms with Gasteiger partial charge in [-0.15, -0.1) is 0 Å². The summed E-state index contributed by atoms with van der Waals surface area (Å²) in [5.41, 5.74) is 2.62. The molecule has 6 nitrogen and oxygen atoms in total. The van der Waals surface area contributed by atoms with E-state index in [-0.39, 0.29) is 0 Å². The molecule has 0 amide bonds. The van der Waals surface area contributed by atoms with Gasteiger partial charge in [0.25, 0.3) is 0 Å². The zero-order valence-corrected chi connectivity index (χ0v) is 14.3. The molecule has 0 aliphatic carbocycles. The maximum atomic E-state index is 9.76. The summed E-state index contributed by atoms with van der Waals surface area (Å²) in [5.74, 6) is 1.34. The number of nitrogens with one attached hydrogen (secondary N) is 2. The molecule has 0 saturated carbocycles. The van der Waals surface area contributed by atoms with Crippen LogP contribution >= 0.6 is 22.6 Å². The van der Waals surface area contributed by atoms with Crippen LogP contribution in [0.15, 0.2) is 24.4 Å². The molecule has 1 aromatic carbocycles. The van der Waals surface area contributed by atoms with E-state index in [0.29, 0.717) is 12.6 Å². The second-order valence-corrected chi connectivity index (χ2v) is 6.18. The maximum Gasteiger partial charge on any atom is 0.491 e. The van der Waals surface area contributed by atoms with E-state index < -0.39 is 7.12 Å². The molecule has 22 heavy (non-hydrogen) atoms. The van der Waals surface area contributed by atoms with Gasteiger partial charge < -0.3 is 20.3 Å². The van der Waals surface area contributed by atoms with Gasteiger partial charge in [0.05, 0.1) is 10.2 Å². The van der Waals surface area contributed by atoms with Gasteiger partial charge in [-0.3, -0.25) is 0 Å². The second-order valence-electron chi connectivity index (χ2n) is 5.02. The minimum absolute atomic E-state index is 0.446. The molecule has 1 aliphatic rings. The molecule has 114 valence electrons. The first kappa shape index (κ1) is 15.5. The fraction of sp³-hybridized carbons (Fsp3) is 0.286. The Bertz CT molecular complexity index is 686. The highest BCUT2D eigenvalue weighted by Gasteiger charge is 2.27. The molecule has 0 saturated heterocycles. The van der Waals surface area contributed by atoms with E-state index in [1.54, 1.807) is 6.20 Å². The van der Waals surface area contributed by atoms with Crippen LogP contribution in [0.3, 0.4) is 0 Å². The molecule has 2 aromatic rings. The molecule has 3 N–H and O–H groups in total. The van der Waals surface area contributed by atoms with Gasteiger partial charge in [-0.1, -0.05) is 13.0 Å². The fourth-order valence-corrected chi connectivity index (χ4v) is 2.67. The lowest BCUT2D eigenvalue weighted by Gasteiger charge is -2.10. The summed E-state index contributed by atoms with van der Waals surface area (Å²) in [5, 5.41) is 16.2. The van der Waals surface area contributed by atoms with Crippen LogP contribution in [0.2, 0.25) is 0 Å². The highest BCUT2D eigenvalue weighted by molar-refractivity contribution is 14.1. The van der Waals surface area contributed by atoms with Crippen molar-refractivity contribution < 1.29 is 9.68 Å². The first-order valence-electron chi connectivity index (χ1n) is 7.13. The Kier molecular flexibility index (Phi) is 4.79. The Hall–Kier alpha value is -1.39. The molecule has 0 fully saturated rings. The van der Waals surface area contributed by atoms with Crippen LogP contribution in [0.25, 0.3) is 0 Å². The third-order valence-corrected chi connectivity index (χ3v) is 4.14. The number of nitrogens with zero attached hydrogens (tertiary/aromatic N) is 2. The lowest BCUT2D eigenvalue weighted by Crippen LogP contribution is -2.28. The van der Waals surface area contributed by atoms with Crippen molar-refractivity contribution in [2.45, 2.75) is 20.0 Å². The minimum atomic E-state index is -0.851. The smallest absolute Gasteiger partial charge is 0.423 e. The van der Waals surface area contributed by atoms with Crippen LogP contribution in [0.1, 0.15) is 18.9 Å². The van der Waals surface area contributed by atoms with Crippen molar-refractivity contribution in [2.75, 3.05) is 17.2 Å². The highest BCUT2D eigenvalue weighted by atomic mass is 127. The monoisotopic (exact) mass is 410 g/mol. The van der Waals surface area contributed by atoms with Crippen LogP contribution in [0.4, 0.5) is 17.5 Å². The average Bonchev–Trinajstić information content (AvgIpc) is 2.89. The zero-order chi connectivity index (χ0) is 15.5. The van der Waals surface area contributed by atoms with Crippen molar-refractivity contribution in [3.05, 3.63) is 33.5 Å². The van der Waals surface area contributed by atoms with E-state index in [1.807, 2.05) is 18.2 Å². The van der Waals surface area contributed by atoms with Crippen LogP contribution in [-0.4, -0.2) is 28.7 Å². The van der Waals surface area contributed by atoms with Crippen LogP contribution in [0, 0.1) is 3.57 Å². The zero-order valence-electron chi connectivity index (χ0n) is 12.1. The highest BCUT2D eigenvalue weighted by Crippen LogP contribution is 2.20. The molecular weight excluding hydrogens is 394 g/mol. The summed E-state index contributed by atoms with van der Waals surface area (Å²) in [6.45, 7) is 3.43. The second kappa shape index (κ2) is 6.80. The van der Waals surface area contributed by atoms with Crippen molar-refractivity contribution in [1.29, 1.82) is 0 Å². The van der Waals surface area contributed by atoms with Gasteiger partial charge in [0, 0.05) is 18.4 Å². The van der Waals surface area contributed by atoms with Crippen LogP contribution in [-0.2, 0) is 11.3 Å². The van der Waals surface area contributed by atoms with Gasteiger partial charge in [-0.25, -0.2) is 4.98 Å². The van der Waals surface area contributed by atoms with E-state index in [0.717, 1.165) is 39.1 Å². The van der Waals surface area contributed by atoms with Gasteiger partial charge in [0.1, 0.15) is 5.82 Å². The third-order valence-electron chi connectivity index (χ3n) is 3.35. The Morgan fingerprint density at radius 2 is 2.32 bits per heavy atom. The van der Waals surface area contributed by atoms with Crippen molar-refractivity contribution in [2.24, 2.45) is 0 Å². The molecule has 2 heterocycles. The molecule has 0 radical (unpaired) electrons. The summed E-state index contributed by atoms with van der Waals surface area (Å²) in [6.07, 6.45) is 2.81. The molecule has 0 unspecified atom stereocenters. The summed E-state index contributed by atoms with van der Waals surface area (Å²) < 4.78 is 6.17. The third kappa shape index (κ3) is 3.34. The van der Waals surface area contributed by atoms with E-state index >= 15 is 0 Å². The molecule has 1 aromatic heterocycles. The Labute approximate surface area is 143 Å². The number of halogens is 1. The van der Waals surface area contributed by atoms with Crippen molar-refractivity contribution in [3.63, 3.8) is 0 Å². The van der Waals surface area contributed by atoms with Crippen molar-refractivity contribution in [1.82, 2.24) is 9.97 Å². The number of aromatic nitrogens is 2. The quantitative estimate of drug-likeness (QED) is 0.516. The van der Waals surface area contributed by atoms with E-state index in [1.165, 1.54) is 0 Å². The fourth-order valence-electron chi connectivity index (χ4n) is 2.22. The molecule has 0 spiro atoms. The van der Waals surface area contributed by atoms with Gasteiger partial charge in [-0.2, -0.15) is 4.98 Å². The SMILES string of the molecule is CCCNc1nc(Nc2ccc3c(c2)B(O)OC3)ncc1I. The number of benzene rings is 1. The molecular formula is C14H16BIN4O2. The minimum Gasteiger partial charge on any atom is -0.423 e. The Morgan fingerprint density at radius 3 is 3.14 bits per heavy atom. The van der Waals surface area contributed by atoms with E-state index in [9.17, 15) is 5.02 Å². The topological polar surface area (TPSA) is 79.3 Å². The first-order valence-corrected chi connectivity index (χ1v) is 8.21. The molecule has 1 aliphatic heterocycles. The van der Waals surface area contributed by atoms with Crippen molar-refractivity contribution in [3.8, 4) is 0 Å². The molecule has 0 atom stereocenters. The van der Waals surface area contributed by atoms with Gasteiger partial charge >= 0.3 is 7.12 Å². The molecule has 8 heteroatoms. The normalized spacial score (nSPS) is 13.1. The lowest BCUT2D eigenvalue weighted by molar-refractivity contribution is 0.275. The number of rotatable bonds is 5. The largest absolute Gasteiger partial charge is 0.491 e. The number of hydrogen-bond donors (Lipinski definition) is 3. The standard InChI is InChI=1S/C14H16BIN4O2/c1-2-5-17-13-12(16)7-18-14(20-13)19-10-4-3-9-8-22-15(21)11(9)6-10/h3-4,6-7,21H,2,5,8H2,1H3,(H2,17,18,19,20). The first-order chi connectivity index (χ1) is 10.7. The predicted molar refractivity (Wildman–Crippen MR) is 95.7 cm³/mol. The van der Waals surface area contributed by atoms with E-state index in [4.69, 9.17) is 4.65 Å². The van der Waals surface area contributed by atoms with Crippen LogP contribution in [0.5, 0.6) is 0 Å². The van der Waals surface area contributed by atoms with Crippen molar-refractivity contribution >= 4 is 52.6 Å². The predicted octanol–water partition coefficient (Wildman–Crippen LogP) is 1.86. The average molecular weight is 410 g/mol. The van der Waals surface area contributed by atoms with Crippen LogP contribution < -0.4 is 16.1 Å². The van der Waals surface area contributed by atoms with Gasteiger partial charge in [0.15, 0.2) is 0 Å².